The van der Waals surface area contributed by atoms with Crippen LogP contribution in [0.3, 0.4) is 0 Å². The van der Waals surface area contributed by atoms with Crippen molar-refractivity contribution in [3.8, 4) is 11.4 Å². The van der Waals surface area contributed by atoms with Crippen molar-refractivity contribution in [1.82, 2.24) is 20.1 Å². The van der Waals surface area contributed by atoms with Crippen molar-refractivity contribution in [2.24, 2.45) is 4.99 Å². The summed E-state index contributed by atoms with van der Waals surface area (Å²) in [4.78, 5) is 5.04. The summed E-state index contributed by atoms with van der Waals surface area (Å²) in [6.45, 7) is 14.3. The zero-order valence-electron chi connectivity index (χ0n) is 21.2. The van der Waals surface area contributed by atoms with Crippen molar-refractivity contribution in [2.45, 2.75) is 52.0 Å². The van der Waals surface area contributed by atoms with E-state index in [4.69, 9.17) is 14.2 Å². The van der Waals surface area contributed by atoms with Gasteiger partial charge in [-0.25, -0.2) is 0 Å². The van der Waals surface area contributed by atoms with Crippen molar-refractivity contribution in [1.29, 1.82) is 0 Å². The summed E-state index contributed by atoms with van der Waals surface area (Å²) in [7, 11) is 0.0861. The predicted octanol–water partition coefficient (Wildman–Crippen LogP) is 5.05. The first kappa shape index (κ1) is 24.3. The molecule has 1 N–H and O–H groups in total. The number of aryl methyl sites for hydroxylation is 1. The van der Waals surface area contributed by atoms with Crippen LogP contribution in [0.4, 0.5) is 0 Å². The lowest BCUT2D eigenvalue weighted by Crippen LogP contribution is -2.41. The zero-order chi connectivity index (χ0) is 24.5. The summed E-state index contributed by atoms with van der Waals surface area (Å²) >= 11 is 0. The van der Waals surface area contributed by atoms with Crippen molar-refractivity contribution < 1.29 is 9.16 Å². The number of nitrogens with zero attached hydrogens (tertiary/aromatic N) is 4. The Kier molecular flexibility index (Phi) is 6.75. The highest BCUT2D eigenvalue weighted by Crippen LogP contribution is 2.36. The molecular formula is C26H35N5O2Si. The number of hydrogen-bond acceptors (Lipinski definition) is 6. The Morgan fingerprint density at radius 1 is 1.03 bits per heavy atom. The third kappa shape index (κ3) is 4.71. The maximum Gasteiger partial charge on any atom is 0.192 e. The fraction of sp³-hybridized carbons (Fsp3) is 0.423. The molecule has 0 bridgehead atoms. The van der Waals surface area contributed by atoms with Crippen LogP contribution < -0.4 is 10.1 Å². The van der Waals surface area contributed by atoms with Gasteiger partial charge in [0.1, 0.15) is 18.2 Å². The molecule has 1 aliphatic heterocycles. The highest BCUT2D eigenvalue weighted by molar-refractivity contribution is 6.74. The summed E-state index contributed by atoms with van der Waals surface area (Å²) in [6.07, 6.45) is -0.314. The topological polar surface area (TPSA) is 73.6 Å². The number of benzene rings is 2. The Labute approximate surface area is 203 Å². The largest absolute Gasteiger partial charge is 0.491 e. The molecular weight excluding hydrogens is 442 g/mol. The minimum Gasteiger partial charge on any atom is -0.491 e. The number of aromatic nitrogens is 3. The van der Waals surface area contributed by atoms with Crippen LogP contribution in [0.15, 0.2) is 53.5 Å². The van der Waals surface area contributed by atoms with Crippen molar-refractivity contribution in [3.05, 3.63) is 71.3 Å². The van der Waals surface area contributed by atoms with Crippen LogP contribution >= 0.6 is 0 Å². The molecule has 2 aromatic carbocycles. The van der Waals surface area contributed by atoms with E-state index >= 15 is 0 Å². The first-order valence-corrected chi connectivity index (χ1v) is 14.7. The van der Waals surface area contributed by atoms with E-state index in [0.717, 1.165) is 39.9 Å². The summed E-state index contributed by atoms with van der Waals surface area (Å²) < 4.78 is 14.5. The second-order valence-corrected chi connectivity index (χ2v) is 14.9. The smallest absolute Gasteiger partial charge is 0.192 e. The number of ether oxygens (including phenoxy) is 1. The number of nitrogens with one attached hydrogen (secondary N) is 1. The Balaban J connectivity index is 1.66. The molecule has 0 saturated heterocycles. The molecule has 0 radical (unpaired) electrons. The van der Waals surface area contributed by atoms with Crippen LogP contribution in [0.25, 0.3) is 5.69 Å². The second-order valence-electron chi connectivity index (χ2n) is 10.1. The van der Waals surface area contributed by atoms with Gasteiger partial charge in [0, 0.05) is 17.2 Å². The lowest BCUT2D eigenvalue weighted by molar-refractivity contribution is 0.203. The SMILES string of the molecule is CNC1N=C(c2ccccc2)c2ccc(OCCO[Si](C)(C)C(C)(C)C)cc2-n2c(C)nnc21. The number of aliphatic imine (C=N–C) groups is 1. The fourth-order valence-corrected chi connectivity index (χ4v) is 4.82. The summed E-state index contributed by atoms with van der Waals surface area (Å²) in [5.41, 5.74) is 3.93. The van der Waals surface area contributed by atoms with E-state index in [1.807, 2.05) is 38.2 Å². The Bertz CT molecular complexity index is 1180. The van der Waals surface area contributed by atoms with Gasteiger partial charge < -0.3 is 9.16 Å². The minimum absolute atomic E-state index is 0.177. The molecule has 34 heavy (non-hydrogen) atoms. The van der Waals surface area contributed by atoms with Crippen LogP contribution in [-0.4, -0.2) is 49.1 Å². The molecule has 4 rings (SSSR count). The van der Waals surface area contributed by atoms with E-state index in [1.54, 1.807) is 0 Å². The standard InChI is InChI=1S/C26H35N5O2Si/c1-18-29-30-25-24(27-5)28-23(19-11-9-8-10-12-19)21-14-13-20(17-22(21)31(18)25)32-15-16-33-34(6,7)26(2,3)4/h8-14,17,24,27H,15-16H2,1-7H3. The van der Waals surface area contributed by atoms with Crippen LogP contribution in [0.5, 0.6) is 5.75 Å². The Hall–Kier alpha value is -2.81. The quantitative estimate of drug-likeness (QED) is 0.381. The summed E-state index contributed by atoms with van der Waals surface area (Å²) in [5.74, 6) is 2.34. The Morgan fingerprint density at radius 3 is 2.44 bits per heavy atom. The molecule has 8 heteroatoms. The van der Waals surface area contributed by atoms with E-state index in [0.29, 0.717) is 13.2 Å². The third-order valence-corrected chi connectivity index (χ3v) is 11.3. The zero-order valence-corrected chi connectivity index (χ0v) is 22.2. The maximum absolute atomic E-state index is 6.28. The van der Waals surface area contributed by atoms with Crippen LogP contribution in [-0.2, 0) is 4.43 Å². The molecule has 0 fully saturated rings. The lowest BCUT2D eigenvalue weighted by Gasteiger charge is -2.36. The monoisotopic (exact) mass is 477 g/mol. The minimum atomic E-state index is -1.80. The predicted molar refractivity (Wildman–Crippen MR) is 139 cm³/mol. The molecule has 1 unspecified atom stereocenters. The lowest BCUT2D eigenvalue weighted by atomic mass is 10.00. The van der Waals surface area contributed by atoms with Crippen molar-refractivity contribution in [3.63, 3.8) is 0 Å². The van der Waals surface area contributed by atoms with E-state index in [9.17, 15) is 0 Å². The highest BCUT2D eigenvalue weighted by atomic mass is 28.4. The first-order chi connectivity index (χ1) is 16.1. The van der Waals surface area contributed by atoms with Crippen LogP contribution in [0.2, 0.25) is 18.1 Å². The normalized spacial score (nSPS) is 15.9. The molecule has 0 saturated carbocycles. The fourth-order valence-electron chi connectivity index (χ4n) is 3.79. The van der Waals surface area contributed by atoms with E-state index in [2.05, 4.69) is 78.2 Å². The molecule has 0 spiro atoms. The van der Waals surface area contributed by atoms with Gasteiger partial charge in [-0.1, -0.05) is 51.1 Å². The molecule has 0 amide bonds. The van der Waals surface area contributed by atoms with Gasteiger partial charge in [-0.15, -0.1) is 10.2 Å². The van der Waals surface area contributed by atoms with Gasteiger partial charge in [0.2, 0.25) is 0 Å². The summed E-state index contributed by atoms with van der Waals surface area (Å²) in [6, 6.07) is 16.4. The Morgan fingerprint density at radius 2 is 1.76 bits per heavy atom. The number of hydrogen-bond donors (Lipinski definition) is 1. The van der Waals surface area contributed by atoms with Crippen molar-refractivity contribution in [2.75, 3.05) is 20.3 Å². The number of fused-ring (bicyclic) bond motifs is 3. The van der Waals surface area contributed by atoms with E-state index < -0.39 is 8.32 Å². The first-order valence-electron chi connectivity index (χ1n) is 11.8. The third-order valence-electron chi connectivity index (χ3n) is 6.76. The second kappa shape index (κ2) is 9.44. The van der Waals surface area contributed by atoms with Gasteiger partial charge in [0.15, 0.2) is 20.3 Å². The van der Waals surface area contributed by atoms with Gasteiger partial charge in [0.25, 0.3) is 0 Å². The molecule has 1 aliphatic rings. The number of rotatable bonds is 7. The van der Waals surface area contributed by atoms with Gasteiger partial charge in [0.05, 0.1) is 18.0 Å². The highest BCUT2D eigenvalue weighted by Gasteiger charge is 2.37. The molecule has 7 nitrogen and oxygen atoms in total. The van der Waals surface area contributed by atoms with E-state index in [-0.39, 0.29) is 11.2 Å². The molecule has 1 aromatic heterocycles. The molecule has 1 atom stereocenters. The van der Waals surface area contributed by atoms with E-state index in [1.165, 1.54) is 0 Å². The molecule has 3 aromatic rings. The average molecular weight is 478 g/mol. The van der Waals surface area contributed by atoms with Gasteiger partial charge >= 0.3 is 0 Å². The molecule has 2 heterocycles. The van der Waals surface area contributed by atoms with Crippen molar-refractivity contribution >= 4 is 14.0 Å². The maximum atomic E-state index is 6.28. The van der Waals surface area contributed by atoms with Gasteiger partial charge in [-0.2, -0.15) is 0 Å². The molecule has 0 aliphatic carbocycles. The van der Waals surface area contributed by atoms with Crippen LogP contribution in [0, 0.1) is 6.92 Å². The van der Waals surface area contributed by atoms with Gasteiger partial charge in [-0.3, -0.25) is 14.9 Å². The summed E-state index contributed by atoms with van der Waals surface area (Å²) in [5, 5.41) is 12.2. The molecule has 180 valence electrons. The van der Waals surface area contributed by atoms with Gasteiger partial charge in [-0.05, 0) is 44.2 Å². The van der Waals surface area contributed by atoms with Crippen LogP contribution in [0.1, 0.15) is 49.7 Å². The average Bonchev–Trinajstić information content (AvgIpc) is 3.11.